The van der Waals surface area contributed by atoms with E-state index in [9.17, 15) is 0 Å². The fourth-order valence-corrected chi connectivity index (χ4v) is 0.204. The third-order valence-electron chi connectivity index (χ3n) is 0.476. The van der Waals surface area contributed by atoms with Crippen LogP contribution in [0.3, 0.4) is 0 Å². The highest BCUT2D eigenvalue weighted by Crippen LogP contribution is 1.64. The van der Waals surface area contributed by atoms with Crippen LogP contribution < -0.4 is 5.32 Å². The molecule has 0 amide bonds. The van der Waals surface area contributed by atoms with Gasteiger partial charge < -0.3 is 5.32 Å². The quantitative estimate of drug-likeness (QED) is 0.507. The van der Waals surface area contributed by atoms with Crippen molar-refractivity contribution in [1.29, 1.82) is 0 Å². The van der Waals surface area contributed by atoms with Crippen LogP contribution >= 0.6 is 0 Å². The third-order valence-corrected chi connectivity index (χ3v) is 0.476. The van der Waals surface area contributed by atoms with E-state index in [2.05, 4.69) is 10.3 Å². The van der Waals surface area contributed by atoms with Gasteiger partial charge in [0.1, 0.15) is 0 Å². The molecule has 0 radical (unpaired) electrons. The summed E-state index contributed by atoms with van der Waals surface area (Å²) in [4.78, 5) is 3.79. The molecule has 0 aromatic heterocycles. The van der Waals surface area contributed by atoms with Crippen LogP contribution in [-0.4, -0.2) is 13.3 Å². The summed E-state index contributed by atoms with van der Waals surface area (Å²) < 4.78 is 0. The standard InChI is InChI=1S/C5H10N2/c1-3-7-5-4-6-2/h3-6H,1-2H3/b5-4-,7-3-. The largest absolute Gasteiger partial charge is 0.393 e. The maximum absolute atomic E-state index is 3.79. The highest BCUT2D eigenvalue weighted by atomic mass is 14.8. The van der Waals surface area contributed by atoms with Gasteiger partial charge in [0, 0.05) is 25.7 Å². The van der Waals surface area contributed by atoms with E-state index >= 15 is 0 Å². The molecule has 0 unspecified atom stereocenters. The van der Waals surface area contributed by atoms with Crippen LogP contribution in [0, 0.1) is 0 Å². The molecule has 2 nitrogen and oxygen atoms in total. The molecule has 2 heteroatoms. The van der Waals surface area contributed by atoms with Crippen molar-refractivity contribution in [3.8, 4) is 0 Å². The van der Waals surface area contributed by atoms with Gasteiger partial charge in [-0.15, -0.1) is 0 Å². The summed E-state index contributed by atoms with van der Waals surface area (Å²) in [7, 11) is 1.84. The minimum absolute atomic E-state index is 1.69. The van der Waals surface area contributed by atoms with E-state index in [4.69, 9.17) is 0 Å². The van der Waals surface area contributed by atoms with Crippen LogP contribution in [0.4, 0.5) is 0 Å². The van der Waals surface area contributed by atoms with Crippen LogP contribution in [-0.2, 0) is 0 Å². The molecule has 0 aliphatic carbocycles. The highest BCUT2D eigenvalue weighted by molar-refractivity contribution is 5.54. The first kappa shape index (κ1) is 6.21. The first-order valence-corrected chi connectivity index (χ1v) is 2.22. The summed E-state index contributed by atoms with van der Waals surface area (Å²) in [6.07, 6.45) is 5.19. The van der Waals surface area contributed by atoms with Crippen molar-refractivity contribution < 1.29 is 0 Å². The molecule has 0 aromatic rings. The van der Waals surface area contributed by atoms with Gasteiger partial charge in [-0.05, 0) is 6.92 Å². The Kier molecular flexibility index (Phi) is 4.62. The van der Waals surface area contributed by atoms with Gasteiger partial charge in [0.15, 0.2) is 0 Å². The van der Waals surface area contributed by atoms with Crippen LogP contribution in [0.1, 0.15) is 6.92 Å². The molecule has 0 rings (SSSR count). The summed E-state index contributed by atoms with van der Waals surface area (Å²) in [5.74, 6) is 0. The second kappa shape index (κ2) is 5.21. The van der Waals surface area contributed by atoms with Gasteiger partial charge in [-0.1, -0.05) is 0 Å². The van der Waals surface area contributed by atoms with E-state index in [1.54, 1.807) is 18.6 Å². The summed E-state index contributed by atoms with van der Waals surface area (Å²) >= 11 is 0. The molecule has 1 N–H and O–H groups in total. The van der Waals surface area contributed by atoms with Gasteiger partial charge in [0.25, 0.3) is 0 Å². The number of nitrogens with zero attached hydrogens (tertiary/aromatic N) is 1. The molecule has 0 saturated carbocycles. The Hall–Kier alpha value is -0.790. The molecule has 0 aliphatic heterocycles. The van der Waals surface area contributed by atoms with Crippen molar-refractivity contribution in [2.45, 2.75) is 6.92 Å². The van der Waals surface area contributed by atoms with Gasteiger partial charge >= 0.3 is 0 Å². The summed E-state index contributed by atoms with van der Waals surface area (Å²) in [5.41, 5.74) is 0. The van der Waals surface area contributed by atoms with Gasteiger partial charge in [-0.25, -0.2) is 0 Å². The number of hydrogen-bond donors (Lipinski definition) is 1. The zero-order chi connectivity index (χ0) is 5.54. The Morgan fingerprint density at radius 2 is 2.29 bits per heavy atom. The van der Waals surface area contributed by atoms with E-state index in [0.717, 1.165) is 0 Å². The molecule has 0 spiro atoms. The molecule has 0 bridgehead atoms. The van der Waals surface area contributed by atoms with E-state index in [1.165, 1.54) is 0 Å². The summed E-state index contributed by atoms with van der Waals surface area (Å²) in [6, 6.07) is 0. The maximum Gasteiger partial charge on any atom is 0.0420 e. The zero-order valence-corrected chi connectivity index (χ0v) is 4.68. The lowest BCUT2D eigenvalue weighted by Crippen LogP contribution is -1.89. The van der Waals surface area contributed by atoms with E-state index in [0.29, 0.717) is 0 Å². The van der Waals surface area contributed by atoms with Crippen molar-refractivity contribution in [1.82, 2.24) is 5.32 Å². The molecule has 0 aromatic carbocycles. The van der Waals surface area contributed by atoms with Gasteiger partial charge in [-0.2, -0.15) is 0 Å². The fraction of sp³-hybridized carbons (Fsp3) is 0.400. The highest BCUT2D eigenvalue weighted by Gasteiger charge is 1.54. The van der Waals surface area contributed by atoms with Crippen LogP contribution in [0.5, 0.6) is 0 Å². The normalized spacial score (nSPS) is 11.1. The molecule has 40 valence electrons. The molecule has 0 aliphatic rings. The Morgan fingerprint density at radius 1 is 1.57 bits per heavy atom. The SMILES string of the molecule is C/C=N\C=C/NC. The van der Waals surface area contributed by atoms with Crippen molar-refractivity contribution in [3.05, 3.63) is 12.4 Å². The lowest BCUT2D eigenvalue weighted by atomic mass is 10.8. The number of rotatable bonds is 2. The monoisotopic (exact) mass is 98.1 g/mol. The van der Waals surface area contributed by atoms with Crippen LogP contribution in [0.25, 0.3) is 0 Å². The molecule has 0 atom stereocenters. The number of nitrogens with one attached hydrogen (secondary N) is 1. The molecule has 0 heterocycles. The minimum atomic E-state index is 1.69. The van der Waals surface area contributed by atoms with Gasteiger partial charge in [0.05, 0.1) is 0 Å². The number of aliphatic imine (C=N–C) groups is 1. The smallest absolute Gasteiger partial charge is 0.0420 e. The second-order valence-corrected chi connectivity index (χ2v) is 1.01. The van der Waals surface area contributed by atoms with Crippen molar-refractivity contribution in [2.24, 2.45) is 4.99 Å². The van der Waals surface area contributed by atoms with Gasteiger partial charge in [-0.3, -0.25) is 4.99 Å². The third kappa shape index (κ3) is 5.21. The molecule has 0 fully saturated rings. The first-order valence-electron chi connectivity index (χ1n) is 2.22. The predicted octanol–water partition coefficient (Wildman–Crippen LogP) is 0.768. The van der Waals surface area contributed by atoms with Crippen LogP contribution in [0.15, 0.2) is 17.4 Å². The Balaban J connectivity index is 3.09. The predicted molar refractivity (Wildman–Crippen MR) is 32.4 cm³/mol. The molecular weight excluding hydrogens is 88.1 g/mol. The molecule has 0 saturated heterocycles. The van der Waals surface area contributed by atoms with E-state index < -0.39 is 0 Å². The minimum Gasteiger partial charge on any atom is -0.393 e. The Morgan fingerprint density at radius 3 is 2.71 bits per heavy atom. The van der Waals surface area contributed by atoms with Crippen molar-refractivity contribution >= 4 is 6.21 Å². The fourth-order valence-electron chi connectivity index (χ4n) is 0.204. The molecule has 7 heavy (non-hydrogen) atoms. The summed E-state index contributed by atoms with van der Waals surface area (Å²) in [5, 5.41) is 2.81. The van der Waals surface area contributed by atoms with E-state index in [-0.39, 0.29) is 0 Å². The van der Waals surface area contributed by atoms with Crippen LogP contribution in [0.2, 0.25) is 0 Å². The second-order valence-electron chi connectivity index (χ2n) is 1.01. The first-order chi connectivity index (χ1) is 3.41. The van der Waals surface area contributed by atoms with Gasteiger partial charge in [0.2, 0.25) is 0 Å². The topological polar surface area (TPSA) is 24.4 Å². The average molecular weight is 98.1 g/mol. The average Bonchev–Trinajstić information content (AvgIpc) is 1.69. The Bertz CT molecular complexity index is 74.1. The number of hydrogen-bond acceptors (Lipinski definition) is 2. The Labute approximate surface area is 44.0 Å². The lowest BCUT2D eigenvalue weighted by Gasteiger charge is -1.77. The maximum atomic E-state index is 3.79. The van der Waals surface area contributed by atoms with Crippen molar-refractivity contribution in [3.63, 3.8) is 0 Å². The molecular formula is C5H10N2. The summed E-state index contributed by atoms with van der Waals surface area (Å²) in [6.45, 7) is 1.88. The lowest BCUT2D eigenvalue weighted by molar-refractivity contribution is 1.09. The van der Waals surface area contributed by atoms with Crippen molar-refractivity contribution in [2.75, 3.05) is 7.05 Å². The zero-order valence-electron chi connectivity index (χ0n) is 4.68. The van der Waals surface area contributed by atoms with E-state index in [1.807, 2.05) is 14.0 Å².